The van der Waals surface area contributed by atoms with Gasteiger partial charge in [-0.1, -0.05) is 12.1 Å². The Labute approximate surface area is 159 Å². The Balaban J connectivity index is 1.52. The first-order valence-electron chi connectivity index (χ1n) is 8.58. The zero-order valence-electron chi connectivity index (χ0n) is 14.9. The molecule has 0 aliphatic carbocycles. The van der Waals surface area contributed by atoms with Crippen molar-refractivity contribution in [1.82, 2.24) is 14.9 Å². The van der Waals surface area contributed by atoms with Gasteiger partial charge in [-0.05, 0) is 42.0 Å². The van der Waals surface area contributed by atoms with Crippen LogP contribution in [0, 0.1) is 5.82 Å². The number of ether oxygens (including phenoxy) is 1. The number of carbonyl (C=O) groups is 1. The first-order valence-corrected chi connectivity index (χ1v) is 8.58. The molecule has 0 aliphatic heterocycles. The summed E-state index contributed by atoms with van der Waals surface area (Å²) in [6, 6.07) is 14.1. The van der Waals surface area contributed by atoms with Crippen molar-refractivity contribution in [1.29, 1.82) is 0 Å². The van der Waals surface area contributed by atoms with Crippen LogP contribution < -0.4 is 21.3 Å². The minimum atomic E-state index is -0.550. The molecule has 0 spiro atoms. The van der Waals surface area contributed by atoms with Crippen molar-refractivity contribution < 1.29 is 13.9 Å². The number of nitrogens with one attached hydrogen (secondary N) is 2. The number of hydrogen-bond donors (Lipinski definition) is 2. The highest BCUT2D eigenvalue weighted by molar-refractivity contribution is 5.75. The number of nitrogens with zero attached hydrogens (tertiary/aromatic N) is 1. The van der Waals surface area contributed by atoms with Crippen molar-refractivity contribution in [2.45, 2.75) is 19.5 Å². The Morgan fingerprint density at radius 1 is 1.07 bits per heavy atom. The minimum absolute atomic E-state index is 0.0950. The monoisotopic (exact) mass is 383 g/mol. The molecule has 0 aliphatic rings. The van der Waals surface area contributed by atoms with Crippen molar-refractivity contribution in [3.63, 3.8) is 0 Å². The maximum Gasteiger partial charge on any atom is 0.328 e. The lowest BCUT2D eigenvalue weighted by atomic mass is 10.2. The Bertz CT molecular complexity index is 1070. The fourth-order valence-corrected chi connectivity index (χ4v) is 2.49. The molecule has 0 saturated heterocycles. The molecule has 2 aromatic carbocycles. The number of aromatic nitrogens is 2. The molecule has 8 heteroatoms. The molecule has 0 unspecified atom stereocenters. The number of halogens is 1. The maximum atomic E-state index is 12.9. The van der Waals surface area contributed by atoms with Crippen molar-refractivity contribution >= 4 is 5.91 Å². The van der Waals surface area contributed by atoms with Gasteiger partial charge in [0.15, 0.2) is 0 Å². The van der Waals surface area contributed by atoms with E-state index in [1.807, 2.05) is 6.07 Å². The predicted molar refractivity (Wildman–Crippen MR) is 101 cm³/mol. The first kappa shape index (κ1) is 19.1. The standard InChI is InChI=1S/C20H18FN3O4/c21-15-4-6-16(7-5-15)28-17-3-1-2-14(12-17)13-22-18(25)8-10-24-11-9-19(26)23-20(24)27/h1-7,9,11-12H,8,10,13H2,(H,22,25)(H,23,26,27). The van der Waals surface area contributed by atoms with Crippen LogP contribution in [-0.2, 0) is 17.9 Å². The van der Waals surface area contributed by atoms with Crippen molar-refractivity contribution in [3.8, 4) is 11.5 Å². The molecule has 1 aromatic heterocycles. The molecule has 7 nitrogen and oxygen atoms in total. The molecule has 2 N–H and O–H groups in total. The smallest absolute Gasteiger partial charge is 0.328 e. The van der Waals surface area contributed by atoms with Crippen LogP contribution >= 0.6 is 0 Å². The third-order valence-electron chi connectivity index (χ3n) is 3.91. The zero-order valence-corrected chi connectivity index (χ0v) is 14.9. The summed E-state index contributed by atoms with van der Waals surface area (Å²) in [7, 11) is 0. The number of aryl methyl sites for hydroxylation is 1. The SMILES string of the molecule is O=C(CCn1ccc(=O)[nH]c1=O)NCc1cccc(Oc2ccc(F)cc2)c1. The number of H-pyrrole nitrogens is 1. The van der Waals surface area contributed by atoms with E-state index in [-0.39, 0.29) is 24.7 Å². The summed E-state index contributed by atoms with van der Waals surface area (Å²) in [6.07, 6.45) is 1.45. The van der Waals surface area contributed by atoms with E-state index in [4.69, 9.17) is 4.74 Å². The van der Waals surface area contributed by atoms with Crippen LogP contribution in [0.2, 0.25) is 0 Å². The summed E-state index contributed by atoms with van der Waals surface area (Å²) in [6.45, 7) is 0.454. The summed E-state index contributed by atoms with van der Waals surface area (Å²) in [5.41, 5.74) is -0.200. The van der Waals surface area contributed by atoms with Crippen LogP contribution in [0.4, 0.5) is 4.39 Å². The Kier molecular flexibility index (Phi) is 6.01. The molecule has 3 rings (SSSR count). The number of carbonyl (C=O) groups excluding carboxylic acids is 1. The molecule has 28 heavy (non-hydrogen) atoms. The third-order valence-corrected chi connectivity index (χ3v) is 3.91. The van der Waals surface area contributed by atoms with E-state index in [0.29, 0.717) is 18.0 Å². The van der Waals surface area contributed by atoms with E-state index < -0.39 is 11.2 Å². The van der Waals surface area contributed by atoms with E-state index in [1.54, 1.807) is 18.2 Å². The summed E-state index contributed by atoms with van der Waals surface area (Å²) >= 11 is 0. The van der Waals surface area contributed by atoms with Crippen LogP contribution in [-0.4, -0.2) is 15.5 Å². The molecule has 144 valence electrons. The molecule has 0 bridgehead atoms. The number of amides is 1. The maximum absolute atomic E-state index is 12.9. The Hall–Kier alpha value is -3.68. The summed E-state index contributed by atoms with van der Waals surface area (Å²) in [5, 5.41) is 2.77. The Morgan fingerprint density at radius 2 is 1.86 bits per heavy atom. The van der Waals surface area contributed by atoms with Gasteiger partial charge < -0.3 is 14.6 Å². The van der Waals surface area contributed by atoms with Crippen LogP contribution in [0.3, 0.4) is 0 Å². The molecule has 0 atom stereocenters. The number of hydrogen-bond acceptors (Lipinski definition) is 4. The predicted octanol–water partition coefficient (Wildman–Crippen LogP) is 2.17. The van der Waals surface area contributed by atoms with E-state index in [1.165, 1.54) is 41.1 Å². The van der Waals surface area contributed by atoms with Gasteiger partial charge in [0.25, 0.3) is 5.56 Å². The van der Waals surface area contributed by atoms with Gasteiger partial charge >= 0.3 is 5.69 Å². The fraction of sp³-hybridized carbons (Fsp3) is 0.150. The van der Waals surface area contributed by atoms with Gasteiger partial charge in [-0.15, -0.1) is 0 Å². The largest absolute Gasteiger partial charge is 0.457 e. The van der Waals surface area contributed by atoms with Gasteiger partial charge in [0, 0.05) is 31.8 Å². The summed E-state index contributed by atoms with van der Waals surface area (Å²) in [4.78, 5) is 36.7. The number of aromatic amines is 1. The summed E-state index contributed by atoms with van der Waals surface area (Å²) < 4.78 is 19.9. The second-order valence-corrected chi connectivity index (χ2v) is 6.03. The summed E-state index contributed by atoms with van der Waals surface area (Å²) in [5.74, 6) is 0.503. The van der Waals surface area contributed by atoms with Gasteiger partial charge in [0.05, 0.1) is 0 Å². The lowest BCUT2D eigenvalue weighted by Crippen LogP contribution is -2.31. The molecule has 0 fully saturated rings. The lowest BCUT2D eigenvalue weighted by molar-refractivity contribution is -0.121. The molecule has 0 radical (unpaired) electrons. The van der Waals surface area contributed by atoms with Crippen molar-refractivity contribution in [2.75, 3.05) is 0 Å². The van der Waals surface area contributed by atoms with Gasteiger partial charge in [-0.3, -0.25) is 14.6 Å². The molecule has 1 heterocycles. The normalized spacial score (nSPS) is 10.5. The molecule has 3 aromatic rings. The fourth-order valence-electron chi connectivity index (χ4n) is 2.49. The average molecular weight is 383 g/mol. The van der Waals surface area contributed by atoms with Gasteiger partial charge in [0.2, 0.25) is 5.91 Å². The van der Waals surface area contributed by atoms with E-state index in [2.05, 4.69) is 10.3 Å². The van der Waals surface area contributed by atoms with Crippen LogP contribution in [0.15, 0.2) is 70.4 Å². The highest BCUT2D eigenvalue weighted by atomic mass is 19.1. The van der Waals surface area contributed by atoms with Crippen LogP contribution in [0.5, 0.6) is 11.5 Å². The second kappa shape index (κ2) is 8.81. The second-order valence-electron chi connectivity index (χ2n) is 6.03. The minimum Gasteiger partial charge on any atom is -0.457 e. The molecule has 1 amide bonds. The average Bonchev–Trinajstić information content (AvgIpc) is 2.68. The number of rotatable bonds is 7. The lowest BCUT2D eigenvalue weighted by Gasteiger charge is -2.09. The van der Waals surface area contributed by atoms with Crippen LogP contribution in [0.1, 0.15) is 12.0 Å². The van der Waals surface area contributed by atoms with E-state index in [9.17, 15) is 18.8 Å². The molecule has 0 saturated carbocycles. The van der Waals surface area contributed by atoms with E-state index >= 15 is 0 Å². The van der Waals surface area contributed by atoms with E-state index in [0.717, 1.165) is 5.56 Å². The highest BCUT2D eigenvalue weighted by Crippen LogP contribution is 2.22. The first-order chi connectivity index (χ1) is 13.5. The topological polar surface area (TPSA) is 93.2 Å². The highest BCUT2D eigenvalue weighted by Gasteiger charge is 2.05. The van der Waals surface area contributed by atoms with Gasteiger partial charge in [-0.2, -0.15) is 0 Å². The quantitative estimate of drug-likeness (QED) is 0.654. The van der Waals surface area contributed by atoms with Gasteiger partial charge in [0.1, 0.15) is 17.3 Å². The van der Waals surface area contributed by atoms with Crippen LogP contribution in [0.25, 0.3) is 0 Å². The Morgan fingerprint density at radius 3 is 2.61 bits per heavy atom. The third kappa shape index (κ3) is 5.41. The van der Waals surface area contributed by atoms with Gasteiger partial charge in [-0.25, -0.2) is 9.18 Å². The molecular formula is C20H18FN3O4. The van der Waals surface area contributed by atoms with Crippen molar-refractivity contribution in [2.24, 2.45) is 0 Å². The zero-order chi connectivity index (χ0) is 19.9. The molecular weight excluding hydrogens is 365 g/mol. The number of benzene rings is 2. The van der Waals surface area contributed by atoms with Crippen molar-refractivity contribution in [3.05, 3.63) is 93.0 Å².